The van der Waals surface area contributed by atoms with E-state index in [1.54, 1.807) is 6.07 Å². The molecular weight excluding hydrogens is 182 g/mol. The number of carboxylic acids is 1. The number of hydrogen-bond donors (Lipinski definition) is 2. The molecule has 0 aliphatic carbocycles. The maximum Gasteiger partial charge on any atom is 0.337 e. The van der Waals surface area contributed by atoms with Crippen LogP contribution in [0.5, 0.6) is 0 Å². The zero-order valence-corrected chi connectivity index (χ0v) is 8.40. The largest absolute Gasteiger partial charge is 0.478 e. The lowest BCUT2D eigenvalue weighted by Crippen LogP contribution is -1.96. The lowest BCUT2D eigenvalue weighted by Gasteiger charge is -1.92. The van der Waals surface area contributed by atoms with E-state index in [-0.39, 0.29) is 5.56 Å². The Morgan fingerprint density at radius 2 is 2.07 bits per heavy atom. The van der Waals surface area contributed by atoms with Crippen molar-refractivity contribution >= 4 is 5.97 Å². The molecule has 78 valence electrons. The minimum absolute atomic E-state index is 0.227. The van der Waals surface area contributed by atoms with Crippen LogP contribution in [-0.2, 0) is 0 Å². The molecule has 1 aromatic heterocycles. The van der Waals surface area contributed by atoms with Crippen LogP contribution in [0.2, 0.25) is 0 Å². The summed E-state index contributed by atoms with van der Waals surface area (Å²) in [6, 6.07) is 3.20. The summed E-state index contributed by atoms with van der Waals surface area (Å²) in [7, 11) is 0. The number of carboxylic acid groups (broad SMARTS) is 1. The highest BCUT2D eigenvalue weighted by Crippen LogP contribution is 1.97. The first-order valence-electron chi connectivity index (χ1n) is 4.38. The van der Waals surface area contributed by atoms with Crippen molar-refractivity contribution < 1.29 is 15.0 Å². The maximum absolute atomic E-state index is 10.3. The summed E-state index contributed by atoms with van der Waals surface area (Å²) in [4.78, 5) is 14.1. The summed E-state index contributed by atoms with van der Waals surface area (Å²) in [6.07, 6.45) is 2.22. The third kappa shape index (κ3) is 5.27. The standard InChI is InChI=1S/C7H7NO2.C3H8O/c1-5-2-3-6(4-8-5)7(9)10;1-2-3-4/h2-4H,1H3,(H,9,10);4H,2-3H2,1H3. The Labute approximate surface area is 83.2 Å². The summed E-state index contributed by atoms with van der Waals surface area (Å²) < 4.78 is 0. The van der Waals surface area contributed by atoms with E-state index >= 15 is 0 Å². The van der Waals surface area contributed by atoms with Crippen LogP contribution in [0.1, 0.15) is 29.4 Å². The SMILES string of the molecule is CCCO.Cc1ccc(C(=O)O)cn1. The summed E-state index contributed by atoms with van der Waals surface area (Å²) in [5, 5.41) is 16.3. The van der Waals surface area contributed by atoms with Crippen LogP contribution in [0.15, 0.2) is 18.3 Å². The van der Waals surface area contributed by atoms with E-state index in [2.05, 4.69) is 4.98 Å². The van der Waals surface area contributed by atoms with Gasteiger partial charge in [-0.3, -0.25) is 4.98 Å². The van der Waals surface area contributed by atoms with Crippen LogP contribution >= 0.6 is 0 Å². The van der Waals surface area contributed by atoms with Crippen LogP contribution in [0.3, 0.4) is 0 Å². The third-order valence-corrected chi connectivity index (χ3v) is 1.38. The molecule has 0 bridgehead atoms. The van der Waals surface area contributed by atoms with E-state index in [1.165, 1.54) is 12.3 Å². The third-order valence-electron chi connectivity index (χ3n) is 1.38. The fourth-order valence-corrected chi connectivity index (χ4v) is 0.594. The van der Waals surface area contributed by atoms with Crippen molar-refractivity contribution in [2.24, 2.45) is 0 Å². The van der Waals surface area contributed by atoms with E-state index in [1.807, 2.05) is 13.8 Å². The number of pyridine rings is 1. The van der Waals surface area contributed by atoms with Crippen LogP contribution in [0.4, 0.5) is 0 Å². The summed E-state index contributed by atoms with van der Waals surface area (Å²) in [6.45, 7) is 4.06. The molecule has 0 aliphatic rings. The van der Waals surface area contributed by atoms with Crippen molar-refractivity contribution in [1.29, 1.82) is 0 Å². The first-order valence-corrected chi connectivity index (χ1v) is 4.38. The van der Waals surface area contributed by atoms with E-state index in [9.17, 15) is 4.79 Å². The Bertz CT molecular complexity index is 267. The smallest absolute Gasteiger partial charge is 0.337 e. The van der Waals surface area contributed by atoms with Crippen LogP contribution < -0.4 is 0 Å². The van der Waals surface area contributed by atoms with Crippen molar-refractivity contribution in [1.82, 2.24) is 4.98 Å². The van der Waals surface area contributed by atoms with E-state index in [0.29, 0.717) is 6.61 Å². The van der Waals surface area contributed by atoms with Gasteiger partial charge >= 0.3 is 5.97 Å². The second-order valence-electron chi connectivity index (χ2n) is 2.72. The first kappa shape index (κ1) is 12.6. The highest BCUT2D eigenvalue weighted by atomic mass is 16.4. The molecule has 0 saturated carbocycles. The number of hydrogen-bond acceptors (Lipinski definition) is 3. The average molecular weight is 197 g/mol. The lowest BCUT2D eigenvalue weighted by molar-refractivity contribution is 0.0696. The van der Waals surface area contributed by atoms with Gasteiger partial charge in [-0.1, -0.05) is 6.92 Å². The molecule has 0 spiro atoms. The van der Waals surface area contributed by atoms with Gasteiger partial charge in [0.25, 0.3) is 0 Å². The number of aromatic carboxylic acids is 1. The van der Waals surface area contributed by atoms with Crippen LogP contribution in [0, 0.1) is 6.92 Å². The molecule has 0 amide bonds. The fourth-order valence-electron chi connectivity index (χ4n) is 0.594. The van der Waals surface area contributed by atoms with Gasteiger partial charge in [-0.15, -0.1) is 0 Å². The van der Waals surface area contributed by atoms with Crippen molar-refractivity contribution in [3.05, 3.63) is 29.6 Å². The van der Waals surface area contributed by atoms with Gasteiger partial charge in [0.1, 0.15) is 0 Å². The number of rotatable bonds is 2. The van der Waals surface area contributed by atoms with E-state index in [0.717, 1.165) is 12.1 Å². The molecule has 1 rings (SSSR count). The second kappa shape index (κ2) is 7.03. The Hall–Kier alpha value is -1.42. The Morgan fingerprint density at radius 1 is 1.50 bits per heavy atom. The predicted molar refractivity (Wildman–Crippen MR) is 53.3 cm³/mol. The molecule has 0 atom stereocenters. The summed E-state index contributed by atoms with van der Waals surface area (Å²) >= 11 is 0. The lowest BCUT2D eigenvalue weighted by atomic mass is 10.3. The molecule has 0 fully saturated rings. The minimum Gasteiger partial charge on any atom is -0.478 e. The molecule has 0 aliphatic heterocycles. The van der Waals surface area contributed by atoms with Crippen LogP contribution in [0.25, 0.3) is 0 Å². The van der Waals surface area contributed by atoms with Crippen LogP contribution in [-0.4, -0.2) is 27.8 Å². The Morgan fingerprint density at radius 3 is 2.36 bits per heavy atom. The molecule has 1 aromatic rings. The van der Waals surface area contributed by atoms with Gasteiger partial charge in [0.2, 0.25) is 0 Å². The molecule has 4 heteroatoms. The quantitative estimate of drug-likeness (QED) is 0.753. The van der Waals surface area contributed by atoms with Gasteiger partial charge < -0.3 is 10.2 Å². The molecule has 1 heterocycles. The molecule has 0 saturated heterocycles. The molecule has 14 heavy (non-hydrogen) atoms. The Balaban J connectivity index is 0.000000364. The van der Waals surface area contributed by atoms with Gasteiger partial charge in [-0.25, -0.2) is 4.79 Å². The van der Waals surface area contributed by atoms with Gasteiger partial charge in [-0.05, 0) is 25.5 Å². The maximum atomic E-state index is 10.3. The summed E-state index contributed by atoms with van der Waals surface area (Å²) in [5.41, 5.74) is 1.05. The molecule has 2 N–H and O–H groups in total. The van der Waals surface area contributed by atoms with E-state index in [4.69, 9.17) is 10.2 Å². The van der Waals surface area contributed by atoms with Gasteiger partial charge in [-0.2, -0.15) is 0 Å². The van der Waals surface area contributed by atoms with Gasteiger partial charge in [0, 0.05) is 18.5 Å². The highest BCUT2D eigenvalue weighted by Gasteiger charge is 1.99. The molecule has 0 unspecified atom stereocenters. The number of nitrogens with zero attached hydrogens (tertiary/aromatic N) is 1. The topological polar surface area (TPSA) is 70.4 Å². The Kier molecular flexibility index (Phi) is 6.32. The second-order valence-corrected chi connectivity index (χ2v) is 2.72. The number of aliphatic hydroxyl groups excluding tert-OH is 1. The molecule has 4 nitrogen and oxygen atoms in total. The van der Waals surface area contributed by atoms with Crippen molar-refractivity contribution in [3.8, 4) is 0 Å². The van der Waals surface area contributed by atoms with Crippen molar-refractivity contribution in [3.63, 3.8) is 0 Å². The first-order chi connectivity index (χ1) is 6.61. The number of aliphatic hydroxyl groups is 1. The molecular formula is C10H15NO3. The molecule has 0 radical (unpaired) electrons. The fraction of sp³-hybridized carbons (Fsp3) is 0.400. The minimum atomic E-state index is -0.937. The highest BCUT2D eigenvalue weighted by molar-refractivity contribution is 5.87. The van der Waals surface area contributed by atoms with Gasteiger partial charge in [0.05, 0.1) is 5.56 Å². The molecule has 0 aromatic carbocycles. The van der Waals surface area contributed by atoms with Crippen molar-refractivity contribution in [2.75, 3.05) is 6.61 Å². The average Bonchev–Trinajstić information content (AvgIpc) is 2.19. The summed E-state index contributed by atoms with van der Waals surface area (Å²) in [5.74, 6) is -0.937. The number of aromatic nitrogens is 1. The van der Waals surface area contributed by atoms with E-state index < -0.39 is 5.97 Å². The van der Waals surface area contributed by atoms with Crippen molar-refractivity contribution in [2.45, 2.75) is 20.3 Å². The zero-order valence-electron chi connectivity index (χ0n) is 8.40. The normalized spacial score (nSPS) is 8.79. The monoisotopic (exact) mass is 197 g/mol. The zero-order chi connectivity index (χ0) is 11.0. The number of carbonyl (C=O) groups is 1. The van der Waals surface area contributed by atoms with Gasteiger partial charge in [0.15, 0.2) is 0 Å². The number of aryl methyl sites for hydroxylation is 1. The predicted octanol–water partition coefficient (Wildman–Crippen LogP) is 1.48.